The number of aromatic amines is 1. The van der Waals surface area contributed by atoms with Crippen molar-refractivity contribution < 1.29 is 13.2 Å². The van der Waals surface area contributed by atoms with Gasteiger partial charge < -0.3 is 14.6 Å². The quantitative estimate of drug-likeness (QED) is 0.315. The molecular formula is C31H39N3O4S. The molecule has 0 amide bonds. The van der Waals surface area contributed by atoms with E-state index in [1.165, 1.54) is 12.8 Å². The maximum absolute atomic E-state index is 12.5. The Bertz CT molecular complexity index is 1460. The van der Waals surface area contributed by atoms with Crippen LogP contribution in [-0.4, -0.2) is 50.8 Å². The molecule has 2 heterocycles. The zero-order chi connectivity index (χ0) is 28.0. The van der Waals surface area contributed by atoms with Gasteiger partial charge in [0.2, 0.25) is 10.0 Å². The van der Waals surface area contributed by atoms with Gasteiger partial charge in [0.05, 0.1) is 12.9 Å². The molecule has 2 aromatic carbocycles. The number of likely N-dealkylation sites (tertiary alicyclic amines) is 1. The molecule has 0 aliphatic carbocycles. The molecule has 1 aliphatic rings. The van der Waals surface area contributed by atoms with Crippen LogP contribution in [0.3, 0.4) is 0 Å². The average Bonchev–Trinajstić information content (AvgIpc) is 3.41. The van der Waals surface area contributed by atoms with Gasteiger partial charge in [0.1, 0.15) is 5.75 Å². The molecule has 8 heteroatoms. The highest BCUT2D eigenvalue weighted by Crippen LogP contribution is 2.38. The second-order valence-electron chi connectivity index (χ2n) is 11.1. The van der Waals surface area contributed by atoms with Gasteiger partial charge in [-0.05, 0) is 91.8 Å². The van der Waals surface area contributed by atoms with Crippen molar-refractivity contribution in [3.8, 4) is 16.9 Å². The lowest BCUT2D eigenvalue weighted by Gasteiger charge is -2.24. The molecule has 1 saturated heterocycles. The number of H-pyrrole nitrogens is 1. The standard InChI is InChI=1S/C31H39N3O4S/c1-31(2,3)28-22-25(27-9-7-16-32-30(27)35)21-24(29(28)38-4)13-10-23-11-14-26(15-12-23)33-39(36,37)20-8-19-34-17-5-6-18-34/h7,9-16,21-22,33H,5-6,8,17-20H2,1-4H3,(H,32,35). The fraction of sp³-hybridized carbons (Fsp3) is 0.387. The maximum Gasteiger partial charge on any atom is 0.255 e. The third-order valence-electron chi connectivity index (χ3n) is 6.98. The van der Waals surface area contributed by atoms with E-state index in [0.717, 1.165) is 47.6 Å². The summed E-state index contributed by atoms with van der Waals surface area (Å²) >= 11 is 0. The van der Waals surface area contributed by atoms with Crippen LogP contribution >= 0.6 is 0 Å². The number of benzene rings is 2. The van der Waals surface area contributed by atoms with Crippen molar-refractivity contribution in [3.05, 3.63) is 81.8 Å². The minimum absolute atomic E-state index is 0.113. The van der Waals surface area contributed by atoms with Crippen LogP contribution in [0.2, 0.25) is 0 Å². The van der Waals surface area contributed by atoms with Crippen molar-refractivity contribution in [3.63, 3.8) is 0 Å². The number of nitrogens with one attached hydrogen (secondary N) is 2. The minimum atomic E-state index is -3.40. The van der Waals surface area contributed by atoms with Crippen molar-refractivity contribution in [2.75, 3.05) is 37.2 Å². The molecule has 0 saturated carbocycles. The zero-order valence-corrected chi connectivity index (χ0v) is 24.1. The summed E-state index contributed by atoms with van der Waals surface area (Å²) in [5.74, 6) is 0.870. The minimum Gasteiger partial charge on any atom is -0.496 e. The first-order valence-corrected chi connectivity index (χ1v) is 15.1. The Morgan fingerprint density at radius 3 is 2.41 bits per heavy atom. The molecule has 1 aliphatic heterocycles. The average molecular weight is 550 g/mol. The molecule has 0 radical (unpaired) electrons. The van der Waals surface area contributed by atoms with Gasteiger partial charge in [0.25, 0.3) is 5.56 Å². The lowest BCUT2D eigenvalue weighted by molar-refractivity contribution is 0.340. The largest absolute Gasteiger partial charge is 0.496 e. The molecule has 4 rings (SSSR count). The van der Waals surface area contributed by atoms with Crippen molar-refractivity contribution in [2.24, 2.45) is 0 Å². The summed E-state index contributed by atoms with van der Waals surface area (Å²) in [7, 11) is -1.74. The molecule has 0 bridgehead atoms. The Hall–Kier alpha value is -3.36. The number of methoxy groups -OCH3 is 1. The first-order valence-electron chi connectivity index (χ1n) is 13.5. The first kappa shape index (κ1) is 28.6. The summed E-state index contributed by atoms with van der Waals surface area (Å²) in [6.45, 7) is 9.31. The van der Waals surface area contributed by atoms with Crippen LogP contribution < -0.4 is 15.0 Å². The number of aromatic nitrogens is 1. The Morgan fingerprint density at radius 2 is 1.77 bits per heavy atom. The van der Waals surface area contributed by atoms with Crippen molar-refractivity contribution in [2.45, 2.75) is 45.4 Å². The molecule has 2 N–H and O–H groups in total. The molecule has 3 aromatic rings. The van der Waals surface area contributed by atoms with Crippen LogP contribution in [0.25, 0.3) is 23.3 Å². The van der Waals surface area contributed by atoms with Crippen molar-refractivity contribution >= 4 is 27.9 Å². The van der Waals surface area contributed by atoms with Crippen LogP contribution in [0.5, 0.6) is 5.75 Å². The summed E-state index contributed by atoms with van der Waals surface area (Å²) in [6, 6.07) is 14.9. The smallest absolute Gasteiger partial charge is 0.255 e. The molecule has 1 aromatic heterocycles. The molecule has 0 spiro atoms. The number of sulfonamides is 1. The highest BCUT2D eigenvalue weighted by atomic mass is 32.2. The highest BCUT2D eigenvalue weighted by molar-refractivity contribution is 7.92. The molecule has 208 valence electrons. The van der Waals surface area contributed by atoms with E-state index in [4.69, 9.17) is 4.74 Å². The SMILES string of the molecule is COc1c(C=Cc2ccc(NS(=O)(=O)CCCN3CCCC3)cc2)cc(-c2ccc[nH]c2=O)cc1C(C)(C)C. The van der Waals surface area contributed by atoms with Crippen molar-refractivity contribution in [1.29, 1.82) is 0 Å². The van der Waals surface area contributed by atoms with Crippen LogP contribution in [0.15, 0.2) is 59.5 Å². The first-order chi connectivity index (χ1) is 18.6. The van der Waals surface area contributed by atoms with Crippen LogP contribution in [0.4, 0.5) is 5.69 Å². The van der Waals surface area contributed by atoms with Crippen LogP contribution in [0.1, 0.15) is 56.7 Å². The second kappa shape index (κ2) is 12.2. The molecule has 0 unspecified atom stereocenters. The summed E-state index contributed by atoms with van der Waals surface area (Å²) in [4.78, 5) is 17.6. The van der Waals surface area contributed by atoms with E-state index in [0.29, 0.717) is 17.7 Å². The molecule has 0 atom stereocenters. The van der Waals surface area contributed by atoms with E-state index >= 15 is 0 Å². The summed E-state index contributed by atoms with van der Waals surface area (Å²) in [5, 5.41) is 0. The fourth-order valence-corrected chi connectivity index (χ4v) is 6.03. The summed E-state index contributed by atoms with van der Waals surface area (Å²) in [6.07, 6.45) is 8.58. The van der Waals surface area contributed by atoms with Crippen LogP contribution in [0, 0.1) is 0 Å². The number of nitrogens with zero attached hydrogens (tertiary/aromatic N) is 1. The highest BCUT2D eigenvalue weighted by Gasteiger charge is 2.23. The second-order valence-corrected chi connectivity index (χ2v) is 12.9. The topological polar surface area (TPSA) is 91.5 Å². The monoisotopic (exact) mass is 549 g/mol. The van der Waals surface area contributed by atoms with Gasteiger partial charge in [-0.3, -0.25) is 9.52 Å². The van der Waals surface area contributed by atoms with Gasteiger partial charge in [-0.15, -0.1) is 0 Å². The molecule has 7 nitrogen and oxygen atoms in total. The van der Waals surface area contributed by atoms with Gasteiger partial charge in [-0.1, -0.05) is 45.1 Å². The normalized spacial score (nSPS) is 14.7. The lowest BCUT2D eigenvalue weighted by atomic mass is 9.83. The number of rotatable bonds is 10. The Balaban J connectivity index is 1.52. The van der Waals surface area contributed by atoms with Gasteiger partial charge >= 0.3 is 0 Å². The maximum atomic E-state index is 12.5. The van der Waals surface area contributed by atoms with E-state index in [-0.39, 0.29) is 16.7 Å². The van der Waals surface area contributed by atoms with E-state index < -0.39 is 10.0 Å². The van der Waals surface area contributed by atoms with Crippen molar-refractivity contribution in [1.82, 2.24) is 9.88 Å². The predicted molar refractivity (Wildman–Crippen MR) is 161 cm³/mol. The summed E-state index contributed by atoms with van der Waals surface area (Å²) < 4.78 is 33.6. The van der Waals surface area contributed by atoms with E-state index in [9.17, 15) is 13.2 Å². The molecule has 39 heavy (non-hydrogen) atoms. The number of hydrogen-bond acceptors (Lipinski definition) is 5. The Labute approximate surface area is 232 Å². The van der Waals surface area contributed by atoms with Gasteiger partial charge in [-0.25, -0.2) is 8.42 Å². The number of hydrogen-bond donors (Lipinski definition) is 2. The third kappa shape index (κ3) is 7.61. The number of anilines is 1. The van der Waals surface area contributed by atoms with Gasteiger partial charge in [0, 0.05) is 28.6 Å². The predicted octanol–water partition coefficient (Wildman–Crippen LogP) is 5.75. The Kier molecular flexibility index (Phi) is 8.97. The number of pyridine rings is 1. The molecular weight excluding hydrogens is 510 g/mol. The molecule has 1 fully saturated rings. The van der Waals surface area contributed by atoms with E-state index in [1.807, 2.05) is 48.6 Å². The van der Waals surface area contributed by atoms with E-state index in [1.54, 1.807) is 25.4 Å². The Morgan fingerprint density at radius 1 is 1.05 bits per heavy atom. The fourth-order valence-electron chi connectivity index (χ4n) is 4.93. The van der Waals surface area contributed by atoms with Gasteiger partial charge in [-0.2, -0.15) is 0 Å². The van der Waals surface area contributed by atoms with Crippen LogP contribution in [-0.2, 0) is 15.4 Å². The zero-order valence-electron chi connectivity index (χ0n) is 23.3. The third-order valence-corrected chi connectivity index (χ3v) is 8.36. The summed E-state index contributed by atoms with van der Waals surface area (Å²) in [5.41, 5.74) is 4.37. The lowest BCUT2D eigenvalue weighted by Crippen LogP contribution is -2.24. The number of ether oxygens (including phenoxy) is 1. The van der Waals surface area contributed by atoms with Gasteiger partial charge in [0.15, 0.2) is 0 Å². The van der Waals surface area contributed by atoms with E-state index in [2.05, 4.69) is 35.4 Å².